The Morgan fingerprint density at radius 3 is 3.08 bits per heavy atom. The molecule has 1 aliphatic heterocycles. The van der Waals surface area contributed by atoms with Crippen LogP contribution in [-0.4, -0.2) is 24.4 Å². The van der Waals surface area contributed by atoms with Gasteiger partial charge in [-0.3, -0.25) is 4.79 Å². The lowest BCUT2D eigenvalue weighted by Gasteiger charge is -2.29. The molecule has 2 heterocycles. The average molecular weight is 195 g/mol. The van der Waals surface area contributed by atoms with Crippen molar-refractivity contribution in [3.8, 4) is 0 Å². The second-order valence-corrected chi connectivity index (χ2v) is 4.35. The number of likely N-dealkylation sites (N-methyl/N-ethyl adjacent to an activating group) is 1. The topological polar surface area (TPSA) is 20.3 Å². The van der Waals surface area contributed by atoms with E-state index in [4.69, 9.17) is 0 Å². The predicted octanol–water partition coefficient (Wildman–Crippen LogP) is 2.08. The first-order valence-corrected chi connectivity index (χ1v) is 5.47. The maximum atomic E-state index is 11.2. The maximum Gasteiger partial charge on any atom is 0.222 e. The number of thiophene rings is 1. The van der Waals surface area contributed by atoms with Crippen molar-refractivity contribution in [2.45, 2.75) is 18.8 Å². The minimum absolute atomic E-state index is 0.284. The first kappa shape index (κ1) is 8.75. The third kappa shape index (κ3) is 1.75. The van der Waals surface area contributed by atoms with Crippen molar-refractivity contribution >= 4 is 17.2 Å². The fraction of sp³-hybridized carbons (Fsp3) is 0.500. The lowest BCUT2D eigenvalue weighted by molar-refractivity contribution is -0.132. The Kier molecular flexibility index (Phi) is 2.36. The minimum Gasteiger partial charge on any atom is -0.345 e. The number of rotatable bonds is 1. The molecule has 1 unspecified atom stereocenters. The van der Waals surface area contributed by atoms with Gasteiger partial charge in [0, 0.05) is 25.9 Å². The van der Waals surface area contributed by atoms with Gasteiger partial charge in [-0.2, -0.15) is 11.3 Å². The normalized spacial score (nSPS) is 23.6. The molecule has 70 valence electrons. The van der Waals surface area contributed by atoms with E-state index in [9.17, 15) is 4.79 Å². The standard InChI is InChI=1S/C10H13NOS/c1-11-6-8(2-3-10(11)12)9-4-5-13-7-9/h4-5,7-8H,2-3,6H2,1H3. The van der Waals surface area contributed by atoms with E-state index < -0.39 is 0 Å². The summed E-state index contributed by atoms with van der Waals surface area (Å²) >= 11 is 1.73. The van der Waals surface area contributed by atoms with Crippen LogP contribution in [0.5, 0.6) is 0 Å². The summed E-state index contributed by atoms with van der Waals surface area (Å²) in [7, 11) is 1.89. The summed E-state index contributed by atoms with van der Waals surface area (Å²) in [6.45, 7) is 0.884. The summed E-state index contributed by atoms with van der Waals surface area (Å²) in [6, 6.07) is 2.17. The van der Waals surface area contributed by atoms with Crippen LogP contribution in [0, 0.1) is 0 Å². The lowest BCUT2D eigenvalue weighted by Crippen LogP contribution is -2.35. The van der Waals surface area contributed by atoms with Gasteiger partial charge in [0.1, 0.15) is 0 Å². The van der Waals surface area contributed by atoms with Crippen molar-refractivity contribution in [1.29, 1.82) is 0 Å². The van der Waals surface area contributed by atoms with Gasteiger partial charge in [0.05, 0.1) is 0 Å². The quantitative estimate of drug-likeness (QED) is 0.672. The van der Waals surface area contributed by atoms with Crippen LogP contribution in [0.4, 0.5) is 0 Å². The average Bonchev–Trinajstić information content (AvgIpc) is 2.62. The van der Waals surface area contributed by atoms with Crippen molar-refractivity contribution in [1.82, 2.24) is 4.90 Å². The number of nitrogens with zero attached hydrogens (tertiary/aromatic N) is 1. The molecule has 2 rings (SSSR count). The Labute approximate surface area is 82.2 Å². The van der Waals surface area contributed by atoms with Gasteiger partial charge in [0.15, 0.2) is 0 Å². The van der Waals surface area contributed by atoms with E-state index in [-0.39, 0.29) is 5.91 Å². The molecule has 0 N–H and O–H groups in total. The molecule has 0 saturated carbocycles. The van der Waals surface area contributed by atoms with Crippen LogP contribution in [0.15, 0.2) is 16.8 Å². The highest BCUT2D eigenvalue weighted by Gasteiger charge is 2.23. The molecule has 0 radical (unpaired) electrons. The van der Waals surface area contributed by atoms with E-state index in [1.165, 1.54) is 5.56 Å². The van der Waals surface area contributed by atoms with E-state index in [0.29, 0.717) is 12.3 Å². The Hall–Kier alpha value is -0.830. The number of piperidine rings is 1. The van der Waals surface area contributed by atoms with Gasteiger partial charge >= 0.3 is 0 Å². The van der Waals surface area contributed by atoms with Crippen LogP contribution in [0.2, 0.25) is 0 Å². The first-order chi connectivity index (χ1) is 6.27. The molecule has 1 saturated heterocycles. The van der Waals surface area contributed by atoms with E-state index >= 15 is 0 Å². The smallest absolute Gasteiger partial charge is 0.222 e. The number of hydrogen-bond donors (Lipinski definition) is 0. The molecule has 0 aromatic carbocycles. The Morgan fingerprint density at radius 1 is 1.62 bits per heavy atom. The van der Waals surface area contributed by atoms with Gasteiger partial charge in [-0.25, -0.2) is 0 Å². The third-order valence-corrected chi connectivity index (χ3v) is 3.34. The fourth-order valence-electron chi connectivity index (χ4n) is 1.79. The summed E-state index contributed by atoms with van der Waals surface area (Å²) in [5.41, 5.74) is 1.39. The zero-order valence-electron chi connectivity index (χ0n) is 7.69. The molecule has 1 atom stereocenters. The summed E-state index contributed by atoms with van der Waals surface area (Å²) < 4.78 is 0. The lowest BCUT2D eigenvalue weighted by atomic mass is 9.93. The van der Waals surface area contributed by atoms with Gasteiger partial charge in [0.2, 0.25) is 5.91 Å². The zero-order valence-corrected chi connectivity index (χ0v) is 8.51. The van der Waals surface area contributed by atoms with Crippen LogP contribution in [0.1, 0.15) is 24.3 Å². The van der Waals surface area contributed by atoms with E-state index in [1.54, 1.807) is 11.3 Å². The van der Waals surface area contributed by atoms with Gasteiger partial charge in [0.25, 0.3) is 0 Å². The summed E-state index contributed by atoms with van der Waals surface area (Å²) in [5, 5.41) is 4.29. The monoisotopic (exact) mass is 195 g/mol. The Balaban J connectivity index is 2.07. The molecule has 2 nitrogen and oxygen atoms in total. The molecule has 1 aromatic heterocycles. The molecule has 1 fully saturated rings. The minimum atomic E-state index is 0.284. The third-order valence-electron chi connectivity index (χ3n) is 2.64. The second kappa shape index (κ2) is 3.50. The van der Waals surface area contributed by atoms with Crippen molar-refractivity contribution in [2.75, 3.05) is 13.6 Å². The van der Waals surface area contributed by atoms with Crippen LogP contribution in [0.3, 0.4) is 0 Å². The van der Waals surface area contributed by atoms with Crippen molar-refractivity contribution in [2.24, 2.45) is 0 Å². The number of carbonyl (C=O) groups is 1. The van der Waals surface area contributed by atoms with Gasteiger partial charge in [-0.1, -0.05) is 0 Å². The summed E-state index contributed by atoms with van der Waals surface area (Å²) in [4.78, 5) is 13.1. The molecule has 1 aromatic rings. The highest BCUT2D eigenvalue weighted by molar-refractivity contribution is 7.07. The van der Waals surface area contributed by atoms with E-state index in [0.717, 1.165) is 13.0 Å². The predicted molar refractivity (Wildman–Crippen MR) is 53.9 cm³/mol. The number of hydrogen-bond acceptors (Lipinski definition) is 2. The molecule has 0 bridgehead atoms. The van der Waals surface area contributed by atoms with Crippen LogP contribution in [-0.2, 0) is 4.79 Å². The largest absolute Gasteiger partial charge is 0.345 e. The molecular formula is C10H13NOS. The van der Waals surface area contributed by atoms with Gasteiger partial charge < -0.3 is 4.90 Å². The summed E-state index contributed by atoms with van der Waals surface area (Å²) in [6.07, 6.45) is 1.72. The van der Waals surface area contributed by atoms with Gasteiger partial charge in [-0.05, 0) is 28.8 Å². The fourth-order valence-corrected chi connectivity index (χ4v) is 2.53. The molecule has 0 aliphatic carbocycles. The highest BCUT2D eigenvalue weighted by atomic mass is 32.1. The van der Waals surface area contributed by atoms with Crippen molar-refractivity contribution in [3.63, 3.8) is 0 Å². The molecule has 1 amide bonds. The maximum absolute atomic E-state index is 11.2. The van der Waals surface area contributed by atoms with Crippen molar-refractivity contribution < 1.29 is 4.79 Å². The molecule has 0 spiro atoms. The van der Waals surface area contributed by atoms with E-state index in [1.807, 2.05) is 11.9 Å². The zero-order chi connectivity index (χ0) is 9.26. The number of amides is 1. The SMILES string of the molecule is CN1CC(c2ccsc2)CCC1=O. The Morgan fingerprint density at radius 2 is 2.46 bits per heavy atom. The molecule has 3 heteroatoms. The molecular weight excluding hydrogens is 182 g/mol. The van der Waals surface area contributed by atoms with Crippen LogP contribution >= 0.6 is 11.3 Å². The number of carbonyl (C=O) groups excluding carboxylic acids is 1. The number of likely N-dealkylation sites (tertiary alicyclic amines) is 1. The van der Waals surface area contributed by atoms with Crippen LogP contribution in [0.25, 0.3) is 0 Å². The van der Waals surface area contributed by atoms with Gasteiger partial charge in [-0.15, -0.1) is 0 Å². The second-order valence-electron chi connectivity index (χ2n) is 3.57. The molecule has 13 heavy (non-hydrogen) atoms. The van der Waals surface area contributed by atoms with Crippen molar-refractivity contribution in [3.05, 3.63) is 22.4 Å². The van der Waals surface area contributed by atoms with E-state index in [2.05, 4.69) is 16.8 Å². The Bertz CT molecular complexity index is 294. The highest BCUT2D eigenvalue weighted by Crippen LogP contribution is 2.27. The summed E-state index contributed by atoms with van der Waals surface area (Å²) in [5.74, 6) is 0.848. The van der Waals surface area contributed by atoms with Crippen LogP contribution < -0.4 is 0 Å². The first-order valence-electron chi connectivity index (χ1n) is 4.53. The molecule has 1 aliphatic rings.